The van der Waals surface area contributed by atoms with Crippen LogP contribution in [0, 0.1) is 0 Å². The van der Waals surface area contributed by atoms with Gasteiger partial charge in [0.15, 0.2) is 0 Å². The maximum Gasteiger partial charge on any atom is 0.0926 e. The van der Waals surface area contributed by atoms with Gasteiger partial charge in [0.2, 0.25) is 0 Å². The second-order valence-electron chi connectivity index (χ2n) is 7.76. The van der Waals surface area contributed by atoms with Crippen LogP contribution in [0.1, 0.15) is 18.4 Å². The van der Waals surface area contributed by atoms with E-state index in [0.29, 0.717) is 0 Å². The summed E-state index contributed by atoms with van der Waals surface area (Å²) in [5.74, 6) is 0. The summed E-state index contributed by atoms with van der Waals surface area (Å²) >= 11 is 8.27. The van der Waals surface area contributed by atoms with Gasteiger partial charge in [0, 0.05) is 49.5 Å². The van der Waals surface area contributed by atoms with Crippen molar-refractivity contribution in [1.82, 2.24) is 14.7 Å². The van der Waals surface area contributed by atoms with Gasteiger partial charge in [0.25, 0.3) is 0 Å². The first-order valence-corrected chi connectivity index (χ1v) is 11.2. The highest BCUT2D eigenvalue weighted by atomic mass is 35.5. The van der Waals surface area contributed by atoms with Gasteiger partial charge in [-0.05, 0) is 68.2 Å². The topological polar surface area (TPSA) is 21.8 Å². The minimum absolute atomic E-state index is 0.787. The van der Waals surface area contributed by atoms with Gasteiger partial charge >= 0.3 is 0 Å². The van der Waals surface area contributed by atoms with Crippen molar-refractivity contribution in [2.75, 3.05) is 51.6 Å². The zero-order valence-corrected chi connectivity index (χ0v) is 17.6. The molecule has 0 saturated carbocycles. The quantitative estimate of drug-likeness (QED) is 0.799. The fourth-order valence-corrected chi connectivity index (χ4v) is 5.01. The summed E-state index contributed by atoms with van der Waals surface area (Å²) in [7, 11) is 2.24. The molecule has 0 amide bonds. The zero-order valence-electron chi connectivity index (χ0n) is 16.0. The van der Waals surface area contributed by atoms with Crippen molar-refractivity contribution in [3.05, 3.63) is 46.3 Å². The second kappa shape index (κ2) is 8.93. The lowest BCUT2D eigenvalue weighted by atomic mass is 10.0. The molecular formula is C21H29ClN4S. The van der Waals surface area contributed by atoms with E-state index in [2.05, 4.69) is 50.6 Å². The Balaban J connectivity index is 1.28. The Hall–Kier alpha value is -1.11. The average Bonchev–Trinajstić information content (AvgIpc) is 3.18. The summed E-state index contributed by atoms with van der Waals surface area (Å²) in [6, 6.07) is 11.3. The number of nitrogens with zero attached hydrogens (tertiary/aromatic N) is 3. The lowest BCUT2D eigenvalue weighted by molar-refractivity contribution is 0.0618. The molecule has 4 rings (SSSR count). The molecule has 2 fully saturated rings. The average molecular weight is 405 g/mol. The predicted octanol–water partition coefficient (Wildman–Crippen LogP) is 4.36. The highest BCUT2D eigenvalue weighted by molar-refractivity contribution is 7.14. The number of piperazine rings is 1. The third-order valence-corrected chi connectivity index (χ3v) is 6.98. The molecule has 27 heavy (non-hydrogen) atoms. The van der Waals surface area contributed by atoms with Crippen LogP contribution < -0.4 is 5.32 Å². The molecule has 0 bridgehead atoms. The first-order valence-electron chi connectivity index (χ1n) is 9.91. The van der Waals surface area contributed by atoms with Crippen LogP contribution >= 0.6 is 22.9 Å². The monoisotopic (exact) mass is 404 g/mol. The van der Waals surface area contributed by atoms with E-state index in [1.807, 2.05) is 12.1 Å². The number of likely N-dealkylation sites (tertiary alicyclic amines) is 1. The fourth-order valence-electron chi connectivity index (χ4n) is 4.13. The molecule has 3 heterocycles. The summed E-state index contributed by atoms with van der Waals surface area (Å²) < 4.78 is 0. The van der Waals surface area contributed by atoms with E-state index in [1.54, 1.807) is 11.3 Å². The van der Waals surface area contributed by atoms with Gasteiger partial charge in [-0.25, -0.2) is 0 Å². The van der Waals surface area contributed by atoms with Gasteiger partial charge in [-0.3, -0.25) is 9.80 Å². The highest BCUT2D eigenvalue weighted by Crippen LogP contribution is 2.27. The van der Waals surface area contributed by atoms with Crippen LogP contribution in [0.5, 0.6) is 0 Å². The molecule has 4 nitrogen and oxygen atoms in total. The number of thiophene rings is 1. The normalized spacial score (nSPS) is 20.8. The number of halogens is 1. The van der Waals surface area contributed by atoms with Crippen LogP contribution in [0.2, 0.25) is 5.02 Å². The molecule has 6 heteroatoms. The van der Waals surface area contributed by atoms with E-state index in [0.717, 1.165) is 41.4 Å². The van der Waals surface area contributed by atoms with Crippen molar-refractivity contribution in [3.8, 4) is 0 Å². The molecule has 2 aliphatic heterocycles. The molecule has 146 valence electrons. The molecule has 1 N–H and O–H groups in total. The van der Waals surface area contributed by atoms with Gasteiger partial charge in [-0.2, -0.15) is 0 Å². The number of hydrogen-bond donors (Lipinski definition) is 1. The van der Waals surface area contributed by atoms with Gasteiger partial charge in [0.05, 0.1) is 5.00 Å². The lowest BCUT2D eigenvalue weighted by Crippen LogP contribution is -2.52. The van der Waals surface area contributed by atoms with Gasteiger partial charge < -0.3 is 10.2 Å². The molecule has 1 aromatic carbocycles. The van der Waals surface area contributed by atoms with Crippen LogP contribution in [0.25, 0.3) is 0 Å². The van der Waals surface area contributed by atoms with Crippen LogP contribution in [0.3, 0.4) is 0 Å². The van der Waals surface area contributed by atoms with Crippen molar-refractivity contribution in [1.29, 1.82) is 0 Å². The molecule has 0 unspecified atom stereocenters. The zero-order chi connectivity index (χ0) is 18.6. The molecule has 2 aliphatic rings. The Kier molecular flexibility index (Phi) is 6.35. The number of piperidine rings is 1. The minimum atomic E-state index is 0.787. The van der Waals surface area contributed by atoms with Crippen LogP contribution in [-0.4, -0.2) is 67.1 Å². The molecule has 2 aromatic rings. The van der Waals surface area contributed by atoms with E-state index in [9.17, 15) is 0 Å². The third kappa shape index (κ3) is 5.04. The number of rotatable bonds is 5. The van der Waals surface area contributed by atoms with E-state index in [-0.39, 0.29) is 0 Å². The molecule has 0 spiro atoms. The maximum atomic E-state index is 6.57. The van der Waals surface area contributed by atoms with Gasteiger partial charge in [-0.1, -0.05) is 17.7 Å². The summed E-state index contributed by atoms with van der Waals surface area (Å²) in [4.78, 5) is 7.70. The lowest BCUT2D eigenvalue weighted by Gasteiger charge is -2.42. The Morgan fingerprint density at radius 3 is 2.52 bits per heavy atom. The third-order valence-electron chi connectivity index (χ3n) is 5.85. The Labute approximate surface area is 171 Å². The molecule has 0 aliphatic carbocycles. The second-order valence-corrected chi connectivity index (χ2v) is 9.11. The van der Waals surface area contributed by atoms with E-state index in [1.165, 1.54) is 44.6 Å². The standard InChI is InChI=1S/C21H29ClN4S/c1-24-8-6-19(7-9-24)26-12-10-25(11-13-26)16-17-4-5-18(15-20(17)22)23-21-3-2-14-27-21/h2-5,14-15,19,23H,6-13,16H2,1H3. The minimum Gasteiger partial charge on any atom is -0.347 e. The van der Waals surface area contributed by atoms with Crippen molar-refractivity contribution in [2.45, 2.75) is 25.4 Å². The SMILES string of the molecule is CN1CCC(N2CCN(Cc3ccc(Nc4cccs4)cc3Cl)CC2)CC1. The molecule has 0 radical (unpaired) electrons. The number of anilines is 2. The van der Waals surface area contributed by atoms with E-state index in [4.69, 9.17) is 11.6 Å². The fraction of sp³-hybridized carbons (Fsp3) is 0.524. The molecule has 1 aromatic heterocycles. The largest absolute Gasteiger partial charge is 0.347 e. The van der Waals surface area contributed by atoms with E-state index < -0.39 is 0 Å². The number of hydrogen-bond acceptors (Lipinski definition) is 5. The van der Waals surface area contributed by atoms with Crippen molar-refractivity contribution in [2.24, 2.45) is 0 Å². The predicted molar refractivity (Wildman–Crippen MR) is 116 cm³/mol. The highest BCUT2D eigenvalue weighted by Gasteiger charge is 2.26. The van der Waals surface area contributed by atoms with Crippen LogP contribution in [-0.2, 0) is 6.54 Å². The first kappa shape index (κ1) is 19.2. The summed E-state index contributed by atoms with van der Waals surface area (Å²) in [5.41, 5.74) is 2.28. The Morgan fingerprint density at radius 2 is 1.85 bits per heavy atom. The van der Waals surface area contributed by atoms with Crippen molar-refractivity contribution >= 4 is 33.6 Å². The number of benzene rings is 1. The van der Waals surface area contributed by atoms with Crippen LogP contribution in [0.15, 0.2) is 35.7 Å². The Bertz CT molecular complexity index is 720. The van der Waals surface area contributed by atoms with Crippen LogP contribution in [0.4, 0.5) is 10.7 Å². The number of nitrogens with one attached hydrogen (secondary N) is 1. The molecule has 0 atom stereocenters. The Morgan fingerprint density at radius 1 is 1.07 bits per heavy atom. The summed E-state index contributed by atoms with van der Waals surface area (Å²) in [6.45, 7) is 8.07. The van der Waals surface area contributed by atoms with E-state index >= 15 is 0 Å². The van der Waals surface area contributed by atoms with Crippen molar-refractivity contribution < 1.29 is 0 Å². The summed E-state index contributed by atoms with van der Waals surface area (Å²) in [5, 5.41) is 7.48. The molecular weight excluding hydrogens is 376 g/mol. The van der Waals surface area contributed by atoms with Gasteiger partial charge in [-0.15, -0.1) is 11.3 Å². The maximum absolute atomic E-state index is 6.57. The summed E-state index contributed by atoms with van der Waals surface area (Å²) in [6.07, 6.45) is 2.64. The van der Waals surface area contributed by atoms with Gasteiger partial charge in [0.1, 0.15) is 0 Å². The molecule has 2 saturated heterocycles. The smallest absolute Gasteiger partial charge is 0.0926 e. The first-order chi connectivity index (χ1) is 13.2. The van der Waals surface area contributed by atoms with Crippen molar-refractivity contribution in [3.63, 3.8) is 0 Å².